The van der Waals surface area contributed by atoms with Crippen molar-refractivity contribution in [2.75, 3.05) is 12.4 Å². The Balaban J connectivity index is 1.80. The van der Waals surface area contributed by atoms with Crippen LogP contribution in [-0.2, 0) is 16.1 Å². The highest BCUT2D eigenvalue weighted by Crippen LogP contribution is 2.36. The number of halogens is 2. The maximum atomic E-state index is 13.5. The average Bonchev–Trinajstić information content (AvgIpc) is 3.01. The zero-order chi connectivity index (χ0) is 22.8. The molecule has 3 aromatic rings. The van der Waals surface area contributed by atoms with Crippen molar-refractivity contribution in [3.63, 3.8) is 0 Å². The summed E-state index contributed by atoms with van der Waals surface area (Å²) in [6.07, 6.45) is 0. The quantitative estimate of drug-likeness (QED) is 0.473. The van der Waals surface area contributed by atoms with Crippen LogP contribution in [-0.4, -0.2) is 23.8 Å². The van der Waals surface area contributed by atoms with Crippen LogP contribution < -0.4 is 10.1 Å². The summed E-state index contributed by atoms with van der Waals surface area (Å²) in [7, 11) is 1.53. The molecule has 4 rings (SSSR count). The summed E-state index contributed by atoms with van der Waals surface area (Å²) in [5.74, 6) is -0.332. The predicted octanol–water partition coefficient (Wildman–Crippen LogP) is 5.70. The normalized spacial score (nSPS) is 13.7. The van der Waals surface area contributed by atoms with E-state index in [0.717, 1.165) is 11.1 Å². The molecule has 0 bridgehead atoms. The summed E-state index contributed by atoms with van der Waals surface area (Å²) in [5.41, 5.74) is 3.29. The van der Waals surface area contributed by atoms with E-state index >= 15 is 0 Å². The fraction of sp³-hybridized carbons (Fsp3) is 0.120. The first-order valence-electron chi connectivity index (χ1n) is 9.90. The van der Waals surface area contributed by atoms with Crippen molar-refractivity contribution in [3.8, 4) is 5.75 Å². The molecule has 0 atom stereocenters. The van der Waals surface area contributed by atoms with Gasteiger partial charge < -0.3 is 10.1 Å². The number of amides is 2. The number of anilines is 1. The van der Waals surface area contributed by atoms with E-state index in [2.05, 4.69) is 5.32 Å². The Labute approximate surface area is 196 Å². The molecule has 0 spiro atoms. The minimum Gasteiger partial charge on any atom is -0.496 e. The molecular formula is C25H20Cl2N2O3. The van der Waals surface area contributed by atoms with E-state index in [1.807, 2.05) is 19.1 Å². The molecule has 0 aromatic heterocycles. The van der Waals surface area contributed by atoms with Gasteiger partial charge in [-0.3, -0.25) is 14.5 Å². The van der Waals surface area contributed by atoms with Crippen molar-refractivity contribution in [2.24, 2.45) is 0 Å². The van der Waals surface area contributed by atoms with Gasteiger partial charge in [-0.05, 0) is 48.4 Å². The van der Waals surface area contributed by atoms with Gasteiger partial charge in [-0.25, -0.2) is 0 Å². The number of hydrogen-bond donors (Lipinski definition) is 1. The van der Waals surface area contributed by atoms with Crippen LogP contribution in [0.15, 0.2) is 72.4 Å². The lowest BCUT2D eigenvalue weighted by atomic mass is 10.0. The lowest BCUT2D eigenvalue weighted by molar-refractivity contribution is -0.137. The summed E-state index contributed by atoms with van der Waals surface area (Å²) in [5, 5.41) is 4.26. The number of nitrogens with one attached hydrogen (secondary N) is 1. The molecule has 1 aliphatic heterocycles. The van der Waals surface area contributed by atoms with Crippen molar-refractivity contribution in [1.82, 2.24) is 4.90 Å². The van der Waals surface area contributed by atoms with Crippen LogP contribution in [0, 0.1) is 6.92 Å². The molecule has 5 nitrogen and oxygen atoms in total. The van der Waals surface area contributed by atoms with Crippen molar-refractivity contribution in [1.29, 1.82) is 0 Å². The fourth-order valence-electron chi connectivity index (χ4n) is 3.57. The second-order valence-electron chi connectivity index (χ2n) is 7.36. The van der Waals surface area contributed by atoms with E-state index in [0.29, 0.717) is 27.0 Å². The van der Waals surface area contributed by atoms with Crippen molar-refractivity contribution in [2.45, 2.75) is 13.5 Å². The van der Waals surface area contributed by atoms with Gasteiger partial charge in [-0.15, -0.1) is 0 Å². The minimum atomic E-state index is -0.426. The molecule has 32 heavy (non-hydrogen) atoms. The summed E-state index contributed by atoms with van der Waals surface area (Å²) in [6, 6.07) is 19.5. The van der Waals surface area contributed by atoms with Gasteiger partial charge in [0.2, 0.25) is 0 Å². The van der Waals surface area contributed by atoms with E-state index in [-0.39, 0.29) is 17.8 Å². The number of para-hydroxylation sites is 1. The third-order valence-corrected chi connectivity index (χ3v) is 5.74. The molecule has 7 heteroatoms. The highest BCUT2D eigenvalue weighted by Gasteiger charge is 2.40. The van der Waals surface area contributed by atoms with Gasteiger partial charge in [-0.2, -0.15) is 0 Å². The molecular weight excluding hydrogens is 447 g/mol. The van der Waals surface area contributed by atoms with Gasteiger partial charge in [0.15, 0.2) is 0 Å². The standard InChI is InChI=1S/C25H20Cl2N2O3/c1-15-7-10-18(27)13-20(15)28-23-22(19-5-3-4-6-21(19)32-2)24(30)29(25(23)31)14-16-8-11-17(26)12-9-16/h3-13,28H,14H2,1-2H3. The Hall–Kier alpha value is -3.28. The summed E-state index contributed by atoms with van der Waals surface area (Å²) in [4.78, 5) is 28.2. The number of nitrogens with zero attached hydrogens (tertiary/aromatic N) is 1. The molecule has 1 N–H and O–H groups in total. The van der Waals surface area contributed by atoms with Crippen LogP contribution in [0.2, 0.25) is 10.0 Å². The van der Waals surface area contributed by atoms with Crippen LogP contribution in [0.25, 0.3) is 5.57 Å². The molecule has 0 saturated carbocycles. The lowest BCUT2D eigenvalue weighted by Crippen LogP contribution is -2.32. The van der Waals surface area contributed by atoms with Crippen LogP contribution in [0.5, 0.6) is 5.75 Å². The van der Waals surface area contributed by atoms with E-state index in [4.69, 9.17) is 27.9 Å². The lowest BCUT2D eigenvalue weighted by Gasteiger charge is -2.16. The molecule has 0 saturated heterocycles. The third kappa shape index (κ3) is 4.22. The van der Waals surface area contributed by atoms with Gasteiger partial charge in [0.1, 0.15) is 11.4 Å². The van der Waals surface area contributed by atoms with Gasteiger partial charge in [-0.1, -0.05) is 59.6 Å². The Morgan fingerprint density at radius 3 is 2.31 bits per heavy atom. The molecule has 162 valence electrons. The number of imide groups is 1. The number of carbonyl (C=O) groups excluding carboxylic acids is 2. The van der Waals surface area contributed by atoms with Crippen molar-refractivity contribution >= 4 is 46.3 Å². The first kappa shape index (κ1) is 21.9. The number of hydrogen-bond acceptors (Lipinski definition) is 4. The third-order valence-electron chi connectivity index (χ3n) is 5.26. The topological polar surface area (TPSA) is 58.6 Å². The first-order chi connectivity index (χ1) is 15.4. The largest absolute Gasteiger partial charge is 0.496 e. The fourth-order valence-corrected chi connectivity index (χ4v) is 3.87. The van der Waals surface area contributed by atoms with Gasteiger partial charge >= 0.3 is 0 Å². The number of carbonyl (C=O) groups is 2. The summed E-state index contributed by atoms with van der Waals surface area (Å²) in [6.45, 7) is 2.02. The average molecular weight is 467 g/mol. The highest BCUT2D eigenvalue weighted by molar-refractivity contribution is 6.37. The van der Waals surface area contributed by atoms with E-state index in [1.54, 1.807) is 54.6 Å². The number of methoxy groups -OCH3 is 1. The van der Waals surface area contributed by atoms with E-state index in [1.165, 1.54) is 12.0 Å². The zero-order valence-corrected chi connectivity index (χ0v) is 19.0. The van der Waals surface area contributed by atoms with Crippen LogP contribution in [0.3, 0.4) is 0 Å². The number of aryl methyl sites for hydroxylation is 1. The monoisotopic (exact) mass is 466 g/mol. The van der Waals surface area contributed by atoms with Gasteiger partial charge in [0.25, 0.3) is 11.8 Å². The molecule has 0 radical (unpaired) electrons. The van der Waals surface area contributed by atoms with E-state index in [9.17, 15) is 9.59 Å². The van der Waals surface area contributed by atoms with Crippen LogP contribution in [0.1, 0.15) is 16.7 Å². The SMILES string of the molecule is COc1ccccc1C1=C(Nc2cc(Cl)ccc2C)C(=O)N(Cc2ccc(Cl)cc2)C1=O. The Morgan fingerprint density at radius 1 is 0.906 bits per heavy atom. The maximum Gasteiger partial charge on any atom is 0.278 e. The number of benzene rings is 3. The molecule has 1 aliphatic rings. The van der Waals surface area contributed by atoms with Crippen molar-refractivity contribution < 1.29 is 14.3 Å². The second-order valence-corrected chi connectivity index (χ2v) is 8.23. The Bertz CT molecular complexity index is 1240. The molecule has 0 unspecified atom stereocenters. The second kappa shape index (κ2) is 9.07. The number of ether oxygens (including phenoxy) is 1. The van der Waals surface area contributed by atoms with E-state index < -0.39 is 11.8 Å². The van der Waals surface area contributed by atoms with Gasteiger partial charge in [0.05, 0.1) is 19.2 Å². The minimum absolute atomic E-state index is 0.118. The molecule has 2 amide bonds. The Kier molecular flexibility index (Phi) is 6.21. The van der Waals surface area contributed by atoms with Crippen LogP contribution in [0.4, 0.5) is 5.69 Å². The molecule has 1 heterocycles. The predicted molar refractivity (Wildman–Crippen MR) is 127 cm³/mol. The molecule has 3 aromatic carbocycles. The van der Waals surface area contributed by atoms with Crippen molar-refractivity contribution in [3.05, 3.63) is 99.2 Å². The first-order valence-corrected chi connectivity index (χ1v) is 10.7. The molecule has 0 aliphatic carbocycles. The van der Waals surface area contributed by atoms with Crippen LogP contribution >= 0.6 is 23.2 Å². The maximum absolute atomic E-state index is 13.5. The zero-order valence-electron chi connectivity index (χ0n) is 17.5. The summed E-state index contributed by atoms with van der Waals surface area (Å²) >= 11 is 12.1. The van der Waals surface area contributed by atoms with Gasteiger partial charge in [0, 0.05) is 21.3 Å². The highest BCUT2D eigenvalue weighted by atomic mass is 35.5. The molecule has 0 fully saturated rings. The Morgan fingerprint density at radius 2 is 1.59 bits per heavy atom. The smallest absolute Gasteiger partial charge is 0.278 e. The summed E-state index contributed by atoms with van der Waals surface area (Å²) < 4.78 is 5.47. The number of rotatable bonds is 6.